The highest BCUT2D eigenvalue weighted by atomic mass is 16.4. The quantitative estimate of drug-likeness (QED) is 0.585. The minimum Gasteiger partial charge on any atom is -0.481 e. The number of benzene rings is 1. The van der Waals surface area contributed by atoms with Crippen molar-refractivity contribution in [1.82, 2.24) is 10.6 Å². The van der Waals surface area contributed by atoms with Gasteiger partial charge in [-0.25, -0.2) is 0 Å². The van der Waals surface area contributed by atoms with Crippen LogP contribution < -0.4 is 10.6 Å². The van der Waals surface area contributed by atoms with Crippen LogP contribution in [0.3, 0.4) is 0 Å². The van der Waals surface area contributed by atoms with Crippen LogP contribution in [0.5, 0.6) is 0 Å². The molecule has 5 nitrogen and oxygen atoms in total. The third kappa shape index (κ3) is 7.79. The van der Waals surface area contributed by atoms with E-state index in [-0.39, 0.29) is 24.4 Å². The number of amides is 1. The summed E-state index contributed by atoms with van der Waals surface area (Å²) < 4.78 is 0. The number of hydrogen-bond donors (Lipinski definition) is 3. The molecule has 5 heteroatoms. The topological polar surface area (TPSA) is 78.4 Å². The molecule has 128 valence electrons. The first-order chi connectivity index (χ1) is 11.1. The summed E-state index contributed by atoms with van der Waals surface area (Å²) in [7, 11) is 0. The molecule has 0 bridgehead atoms. The first kappa shape index (κ1) is 19.2. The lowest BCUT2D eigenvalue weighted by molar-refractivity contribution is -0.137. The van der Waals surface area contributed by atoms with Crippen molar-refractivity contribution in [2.24, 2.45) is 0 Å². The number of aryl methyl sites for hydroxylation is 1. The number of hydrogen-bond acceptors (Lipinski definition) is 3. The molecule has 1 rings (SSSR count). The first-order valence-electron chi connectivity index (χ1n) is 8.36. The van der Waals surface area contributed by atoms with E-state index in [1.807, 2.05) is 44.2 Å². The number of likely N-dealkylation sites (N-methyl/N-ethyl adjacent to an activating group) is 1. The second-order valence-corrected chi connectivity index (χ2v) is 5.73. The van der Waals surface area contributed by atoms with E-state index in [0.29, 0.717) is 13.0 Å². The van der Waals surface area contributed by atoms with E-state index in [4.69, 9.17) is 5.11 Å². The van der Waals surface area contributed by atoms with Crippen molar-refractivity contribution >= 4 is 11.9 Å². The third-order valence-corrected chi connectivity index (χ3v) is 3.74. The molecule has 0 spiro atoms. The Morgan fingerprint density at radius 2 is 1.83 bits per heavy atom. The van der Waals surface area contributed by atoms with E-state index in [0.717, 1.165) is 24.8 Å². The second kappa shape index (κ2) is 10.8. The van der Waals surface area contributed by atoms with E-state index in [9.17, 15) is 9.59 Å². The predicted octanol–water partition coefficient (Wildman–Crippen LogP) is 2.36. The van der Waals surface area contributed by atoms with Gasteiger partial charge in [-0.05, 0) is 31.4 Å². The summed E-state index contributed by atoms with van der Waals surface area (Å²) in [5.41, 5.74) is 1.15. The molecule has 0 heterocycles. The van der Waals surface area contributed by atoms with Crippen molar-refractivity contribution in [3.05, 3.63) is 35.9 Å². The molecule has 2 atom stereocenters. The van der Waals surface area contributed by atoms with Gasteiger partial charge in [0.15, 0.2) is 0 Å². The van der Waals surface area contributed by atoms with Crippen LogP contribution in [0.15, 0.2) is 30.3 Å². The second-order valence-electron chi connectivity index (χ2n) is 5.73. The number of carbonyl (C=O) groups excluding carboxylic acids is 1. The molecule has 0 fully saturated rings. The van der Waals surface area contributed by atoms with Crippen molar-refractivity contribution in [3.8, 4) is 0 Å². The third-order valence-electron chi connectivity index (χ3n) is 3.74. The highest BCUT2D eigenvalue weighted by Crippen LogP contribution is 2.08. The van der Waals surface area contributed by atoms with Gasteiger partial charge in [0.2, 0.25) is 5.91 Å². The van der Waals surface area contributed by atoms with Gasteiger partial charge in [-0.2, -0.15) is 0 Å². The van der Waals surface area contributed by atoms with Crippen LogP contribution in [-0.2, 0) is 16.0 Å². The van der Waals surface area contributed by atoms with Crippen LogP contribution in [0.4, 0.5) is 0 Å². The number of aliphatic carboxylic acids is 1. The Morgan fingerprint density at radius 3 is 2.39 bits per heavy atom. The van der Waals surface area contributed by atoms with Gasteiger partial charge in [-0.1, -0.05) is 50.6 Å². The summed E-state index contributed by atoms with van der Waals surface area (Å²) >= 11 is 0. The van der Waals surface area contributed by atoms with Crippen molar-refractivity contribution in [3.63, 3.8) is 0 Å². The summed E-state index contributed by atoms with van der Waals surface area (Å²) in [5.74, 6) is -0.994. The molecule has 23 heavy (non-hydrogen) atoms. The molecular weight excluding hydrogens is 292 g/mol. The molecule has 3 N–H and O–H groups in total. The zero-order valence-corrected chi connectivity index (χ0v) is 14.0. The Balaban J connectivity index is 2.61. The van der Waals surface area contributed by atoms with Crippen LogP contribution in [0, 0.1) is 0 Å². The van der Waals surface area contributed by atoms with Crippen LogP contribution >= 0.6 is 0 Å². The molecule has 0 aliphatic rings. The molecule has 1 aromatic rings. The lowest BCUT2D eigenvalue weighted by Crippen LogP contribution is -2.48. The molecule has 0 saturated carbocycles. The fourth-order valence-corrected chi connectivity index (χ4v) is 2.58. The Bertz CT molecular complexity index is 470. The summed E-state index contributed by atoms with van der Waals surface area (Å²) in [6.07, 6.45) is 2.96. The number of carboxylic acid groups (broad SMARTS) is 1. The monoisotopic (exact) mass is 320 g/mol. The van der Waals surface area contributed by atoms with Crippen LogP contribution in [0.25, 0.3) is 0 Å². The molecule has 2 unspecified atom stereocenters. The Hall–Kier alpha value is -1.88. The number of carbonyl (C=O) groups is 2. The molecule has 0 aromatic heterocycles. The maximum Gasteiger partial charge on any atom is 0.305 e. The lowest BCUT2D eigenvalue weighted by atomic mass is 10.0. The number of nitrogens with one attached hydrogen (secondary N) is 2. The normalized spacial score (nSPS) is 13.3. The van der Waals surface area contributed by atoms with Crippen molar-refractivity contribution < 1.29 is 14.7 Å². The van der Waals surface area contributed by atoms with Crippen LogP contribution in [-0.4, -0.2) is 35.6 Å². The Morgan fingerprint density at radius 1 is 1.13 bits per heavy atom. The van der Waals surface area contributed by atoms with Crippen molar-refractivity contribution in [2.45, 2.75) is 58.0 Å². The number of rotatable bonds is 11. The highest BCUT2D eigenvalue weighted by Gasteiger charge is 2.21. The maximum atomic E-state index is 12.4. The van der Waals surface area contributed by atoms with E-state index >= 15 is 0 Å². The van der Waals surface area contributed by atoms with Gasteiger partial charge in [0.05, 0.1) is 12.5 Å². The molecule has 0 aliphatic heterocycles. The molecule has 1 amide bonds. The smallest absolute Gasteiger partial charge is 0.305 e. The largest absolute Gasteiger partial charge is 0.481 e. The van der Waals surface area contributed by atoms with Gasteiger partial charge < -0.3 is 15.7 Å². The average Bonchev–Trinajstić information content (AvgIpc) is 2.53. The molecule has 1 aromatic carbocycles. The summed E-state index contributed by atoms with van der Waals surface area (Å²) in [4.78, 5) is 23.4. The van der Waals surface area contributed by atoms with E-state index in [1.165, 1.54) is 0 Å². The van der Waals surface area contributed by atoms with Gasteiger partial charge >= 0.3 is 5.97 Å². The van der Waals surface area contributed by atoms with E-state index < -0.39 is 5.97 Å². The molecular formula is C18H28N2O3. The van der Waals surface area contributed by atoms with Crippen molar-refractivity contribution in [2.75, 3.05) is 6.54 Å². The van der Waals surface area contributed by atoms with Gasteiger partial charge in [0.1, 0.15) is 0 Å². The van der Waals surface area contributed by atoms with Gasteiger partial charge in [-0.15, -0.1) is 0 Å². The lowest BCUT2D eigenvalue weighted by Gasteiger charge is -2.22. The minimum absolute atomic E-state index is 0.0520. The highest BCUT2D eigenvalue weighted by molar-refractivity contribution is 5.82. The summed E-state index contributed by atoms with van der Waals surface area (Å²) in [5, 5.41) is 15.1. The fraction of sp³-hybridized carbons (Fsp3) is 0.556. The Labute approximate surface area is 138 Å². The predicted molar refractivity (Wildman–Crippen MR) is 91.3 cm³/mol. The molecule has 0 aliphatic carbocycles. The average molecular weight is 320 g/mol. The zero-order valence-electron chi connectivity index (χ0n) is 14.0. The summed E-state index contributed by atoms with van der Waals surface area (Å²) in [6, 6.07) is 9.30. The maximum absolute atomic E-state index is 12.4. The SMILES string of the molecule is CCCC(NCC)C(=O)NC(CCc1ccccc1)CC(=O)O. The first-order valence-corrected chi connectivity index (χ1v) is 8.36. The van der Waals surface area contributed by atoms with Crippen molar-refractivity contribution in [1.29, 1.82) is 0 Å². The Kier molecular flexibility index (Phi) is 8.98. The van der Waals surface area contributed by atoms with Gasteiger partial charge in [-0.3, -0.25) is 9.59 Å². The van der Waals surface area contributed by atoms with Gasteiger partial charge in [0, 0.05) is 6.04 Å². The zero-order chi connectivity index (χ0) is 17.1. The number of carboxylic acids is 1. The van der Waals surface area contributed by atoms with E-state index in [1.54, 1.807) is 0 Å². The minimum atomic E-state index is -0.890. The molecule has 0 saturated heterocycles. The molecule has 0 radical (unpaired) electrons. The summed E-state index contributed by atoms with van der Waals surface area (Å²) in [6.45, 7) is 4.70. The van der Waals surface area contributed by atoms with Gasteiger partial charge in [0.25, 0.3) is 0 Å². The van der Waals surface area contributed by atoms with Crippen LogP contribution in [0.1, 0.15) is 45.1 Å². The van der Waals surface area contributed by atoms with E-state index in [2.05, 4.69) is 10.6 Å². The van der Waals surface area contributed by atoms with Crippen LogP contribution in [0.2, 0.25) is 0 Å². The standard InChI is InChI=1S/C18H28N2O3/c1-3-8-16(19-4-2)18(23)20-15(13-17(21)22)12-11-14-9-6-5-7-10-14/h5-7,9-10,15-16,19H,3-4,8,11-13H2,1-2H3,(H,20,23)(H,21,22). The fourth-order valence-electron chi connectivity index (χ4n) is 2.58.